The van der Waals surface area contributed by atoms with E-state index in [0.29, 0.717) is 16.8 Å². The number of aromatic carboxylic acids is 1. The fourth-order valence-electron chi connectivity index (χ4n) is 3.35. The third-order valence-electron chi connectivity index (χ3n) is 4.75. The third-order valence-corrected chi connectivity index (χ3v) is 4.75. The van der Waals surface area contributed by atoms with Crippen molar-refractivity contribution in [1.29, 1.82) is 0 Å². The molecule has 0 atom stereocenters. The van der Waals surface area contributed by atoms with Gasteiger partial charge in [-0.3, -0.25) is 4.79 Å². The lowest BCUT2D eigenvalue weighted by molar-refractivity contribution is 0.0696. The standard InChI is InChI=1S/C21H25N3O4/c1-28-14-15-10-17(21(26)27)12-18(11-15)23-20(25)16-6-7-19(22-13-16)24-8-4-2-3-5-9-24/h6-7,10-13H,2-5,8-9,14H2,1H3,(H,23,25)(H,26,27). The zero-order valence-corrected chi connectivity index (χ0v) is 16.0. The normalized spacial score (nSPS) is 14.4. The summed E-state index contributed by atoms with van der Waals surface area (Å²) in [7, 11) is 1.53. The Kier molecular flexibility index (Phi) is 6.60. The van der Waals surface area contributed by atoms with Crippen molar-refractivity contribution < 1.29 is 19.4 Å². The van der Waals surface area contributed by atoms with E-state index in [2.05, 4.69) is 15.2 Å². The SMILES string of the molecule is COCc1cc(NC(=O)c2ccc(N3CCCCCC3)nc2)cc(C(=O)O)c1. The van der Waals surface area contributed by atoms with Gasteiger partial charge in [-0.2, -0.15) is 0 Å². The summed E-state index contributed by atoms with van der Waals surface area (Å²) in [6.45, 7) is 2.24. The average molecular weight is 383 g/mol. The van der Waals surface area contributed by atoms with Gasteiger partial charge in [0, 0.05) is 32.1 Å². The number of aromatic nitrogens is 1. The van der Waals surface area contributed by atoms with Crippen LogP contribution in [0.25, 0.3) is 0 Å². The van der Waals surface area contributed by atoms with E-state index in [9.17, 15) is 14.7 Å². The fraction of sp³-hybridized carbons (Fsp3) is 0.381. The lowest BCUT2D eigenvalue weighted by atomic mass is 10.1. The van der Waals surface area contributed by atoms with Crippen LogP contribution in [0.3, 0.4) is 0 Å². The number of nitrogens with one attached hydrogen (secondary N) is 1. The third kappa shape index (κ3) is 5.07. The number of carbonyl (C=O) groups is 2. The number of hydrogen-bond acceptors (Lipinski definition) is 5. The monoisotopic (exact) mass is 383 g/mol. The summed E-state index contributed by atoms with van der Waals surface area (Å²) >= 11 is 0. The zero-order chi connectivity index (χ0) is 19.9. The fourth-order valence-corrected chi connectivity index (χ4v) is 3.35. The predicted octanol–water partition coefficient (Wildman–Crippen LogP) is 3.56. The molecule has 0 aliphatic carbocycles. The van der Waals surface area contributed by atoms with E-state index in [1.807, 2.05) is 6.07 Å². The minimum atomic E-state index is -1.06. The smallest absolute Gasteiger partial charge is 0.335 e. The number of methoxy groups -OCH3 is 1. The molecule has 0 spiro atoms. The van der Waals surface area contributed by atoms with Crippen LogP contribution in [0.5, 0.6) is 0 Å². The van der Waals surface area contributed by atoms with Crippen molar-refractivity contribution in [2.75, 3.05) is 30.4 Å². The maximum Gasteiger partial charge on any atom is 0.335 e. The first-order valence-corrected chi connectivity index (χ1v) is 9.45. The van der Waals surface area contributed by atoms with Gasteiger partial charge in [-0.15, -0.1) is 0 Å². The van der Waals surface area contributed by atoms with Gasteiger partial charge in [-0.25, -0.2) is 9.78 Å². The number of carbonyl (C=O) groups excluding carboxylic acids is 1. The average Bonchev–Trinajstić information content (AvgIpc) is 2.97. The Morgan fingerprint density at radius 1 is 1.11 bits per heavy atom. The van der Waals surface area contributed by atoms with Gasteiger partial charge in [-0.1, -0.05) is 12.8 Å². The predicted molar refractivity (Wildman–Crippen MR) is 107 cm³/mol. The lowest BCUT2D eigenvalue weighted by Gasteiger charge is -2.21. The Bertz CT molecular complexity index is 828. The van der Waals surface area contributed by atoms with Crippen LogP contribution in [0.15, 0.2) is 36.5 Å². The highest BCUT2D eigenvalue weighted by molar-refractivity contribution is 6.04. The molecule has 1 aliphatic heterocycles. The summed E-state index contributed by atoms with van der Waals surface area (Å²) < 4.78 is 5.07. The summed E-state index contributed by atoms with van der Waals surface area (Å²) in [4.78, 5) is 30.6. The van der Waals surface area contributed by atoms with E-state index in [-0.39, 0.29) is 18.1 Å². The van der Waals surface area contributed by atoms with Crippen LogP contribution >= 0.6 is 0 Å². The number of benzene rings is 1. The van der Waals surface area contributed by atoms with Crippen molar-refractivity contribution >= 4 is 23.4 Å². The Balaban J connectivity index is 1.73. The molecule has 0 radical (unpaired) electrons. The summed E-state index contributed by atoms with van der Waals surface area (Å²) in [5.41, 5.74) is 1.60. The first kappa shape index (κ1) is 19.8. The summed E-state index contributed by atoms with van der Waals surface area (Å²) in [5, 5.41) is 12.0. The summed E-state index contributed by atoms with van der Waals surface area (Å²) in [5.74, 6) is -0.508. The largest absolute Gasteiger partial charge is 0.478 e. The molecule has 3 rings (SSSR count). The number of pyridine rings is 1. The van der Waals surface area contributed by atoms with Gasteiger partial charge in [0.25, 0.3) is 5.91 Å². The first-order chi connectivity index (χ1) is 13.6. The van der Waals surface area contributed by atoms with E-state index in [1.165, 1.54) is 32.1 Å². The van der Waals surface area contributed by atoms with Crippen molar-refractivity contribution in [2.45, 2.75) is 32.3 Å². The number of anilines is 2. The first-order valence-electron chi connectivity index (χ1n) is 9.45. The molecule has 7 nitrogen and oxygen atoms in total. The van der Waals surface area contributed by atoms with Crippen molar-refractivity contribution in [3.05, 3.63) is 53.2 Å². The second-order valence-corrected chi connectivity index (χ2v) is 6.92. The molecular weight excluding hydrogens is 358 g/mol. The molecule has 1 fully saturated rings. The van der Waals surface area contributed by atoms with Gasteiger partial charge in [-0.05, 0) is 48.7 Å². The molecule has 1 saturated heterocycles. The van der Waals surface area contributed by atoms with Crippen LogP contribution in [-0.2, 0) is 11.3 Å². The van der Waals surface area contributed by atoms with Crippen molar-refractivity contribution in [3.63, 3.8) is 0 Å². The van der Waals surface area contributed by atoms with Crippen LogP contribution in [0.4, 0.5) is 11.5 Å². The molecule has 2 aromatic rings. The lowest BCUT2D eigenvalue weighted by Crippen LogP contribution is -2.25. The molecule has 7 heteroatoms. The van der Waals surface area contributed by atoms with Crippen molar-refractivity contribution in [2.24, 2.45) is 0 Å². The van der Waals surface area contributed by atoms with Gasteiger partial charge in [0.15, 0.2) is 0 Å². The van der Waals surface area contributed by atoms with Gasteiger partial charge >= 0.3 is 5.97 Å². The quantitative estimate of drug-likeness (QED) is 0.792. The number of nitrogens with zero attached hydrogens (tertiary/aromatic N) is 2. The maximum absolute atomic E-state index is 12.6. The Morgan fingerprint density at radius 3 is 2.46 bits per heavy atom. The van der Waals surface area contributed by atoms with Crippen LogP contribution < -0.4 is 10.2 Å². The number of carboxylic acids is 1. The van der Waals surface area contributed by atoms with Gasteiger partial charge in [0.05, 0.1) is 17.7 Å². The van der Waals surface area contributed by atoms with Crippen LogP contribution in [0, 0.1) is 0 Å². The van der Waals surface area contributed by atoms with Crippen molar-refractivity contribution in [3.8, 4) is 0 Å². The molecule has 28 heavy (non-hydrogen) atoms. The number of ether oxygens (including phenoxy) is 1. The molecular formula is C21H25N3O4. The molecule has 1 aliphatic rings. The van der Waals surface area contributed by atoms with E-state index >= 15 is 0 Å². The van der Waals surface area contributed by atoms with Crippen molar-refractivity contribution in [1.82, 2.24) is 4.98 Å². The second-order valence-electron chi connectivity index (χ2n) is 6.92. The molecule has 1 aromatic heterocycles. The van der Waals surface area contributed by atoms with E-state index < -0.39 is 5.97 Å². The maximum atomic E-state index is 12.6. The van der Waals surface area contributed by atoms with E-state index in [1.54, 1.807) is 18.3 Å². The summed E-state index contributed by atoms with van der Waals surface area (Å²) in [6, 6.07) is 8.27. The Hall–Kier alpha value is -2.93. The highest BCUT2D eigenvalue weighted by atomic mass is 16.5. The summed E-state index contributed by atoms with van der Waals surface area (Å²) in [6.07, 6.45) is 6.38. The number of hydrogen-bond donors (Lipinski definition) is 2. The van der Waals surface area contributed by atoms with Crippen LogP contribution in [0.2, 0.25) is 0 Å². The van der Waals surface area contributed by atoms with Gasteiger partial charge < -0.3 is 20.1 Å². The highest BCUT2D eigenvalue weighted by Crippen LogP contribution is 2.19. The Morgan fingerprint density at radius 2 is 1.86 bits per heavy atom. The zero-order valence-electron chi connectivity index (χ0n) is 16.0. The minimum Gasteiger partial charge on any atom is -0.478 e. The van der Waals surface area contributed by atoms with Crippen LogP contribution in [0.1, 0.15) is 52.0 Å². The molecule has 1 amide bonds. The topological polar surface area (TPSA) is 91.8 Å². The van der Waals surface area contributed by atoms with E-state index in [0.717, 1.165) is 31.7 Å². The molecule has 0 unspecified atom stereocenters. The molecule has 0 bridgehead atoms. The van der Waals surface area contributed by atoms with Crippen LogP contribution in [-0.4, -0.2) is 42.2 Å². The number of rotatable bonds is 6. The molecule has 148 valence electrons. The number of amides is 1. The van der Waals surface area contributed by atoms with Gasteiger partial charge in [0.1, 0.15) is 5.82 Å². The number of carboxylic acid groups (broad SMARTS) is 1. The van der Waals surface area contributed by atoms with E-state index in [4.69, 9.17) is 4.74 Å². The minimum absolute atomic E-state index is 0.0967. The Labute approximate surface area is 164 Å². The molecule has 2 N–H and O–H groups in total. The molecule has 2 heterocycles. The molecule has 0 saturated carbocycles. The highest BCUT2D eigenvalue weighted by Gasteiger charge is 2.14. The van der Waals surface area contributed by atoms with Gasteiger partial charge in [0.2, 0.25) is 0 Å². The molecule has 1 aromatic carbocycles. The second kappa shape index (κ2) is 9.32.